The van der Waals surface area contributed by atoms with Crippen molar-refractivity contribution in [3.8, 4) is 5.75 Å². The average Bonchev–Trinajstić information content (AvgIpc) is 2.90. The van der Waals surface area contributed by atoms with Gasteiger partial charge in [-0.25, -0.2) is 0 Å². The molecule has 0 N–H and O–H groups in total. The Morgan fingerprint density at radius 1 is 0.816 bits per heavy atom. The van der Waals surface area contributed by atoms with E-state index in [2.05, 4.69) is 134 Å². The maximum absolute atomic E-state index is 6.14. The molecule has 0 saturated carbocycles. The third-order valence-corrected chi connectivity index (χ3v) is 12.4. The smallest absolute Gasteiger partial charge is 0.497 e. The first-order chi connectivity index (χ1) is 16.5. The van der Waals surface area contributed by atoms with Crippen molar-refractivity contribution < 1.29 is 41.6 Å². The molecule has 0 aliphatic carbocycles. The Morgan fingerprint density at radius 3 is 1.47 bits per heavy atom. The quantitative estimate of drug-likeness (QED) is 0.220. The fourth-order valence-corrected chi connectivity index (χ4v) is 10.2. The van der Waals surface area contributed by atoms with Crippen molar-refractivity contribution >= 4 is 34.6 Å². The van der Waals surface area contributed by atoms with Crippen molar-refractivity contribution in [1.29, 1.82) is 0 Å². The molecule has 0 saturated heterocycles. The van der Waals surface area contributed by atoms with Crippen molar-refractivity contribution in [2.75, 3.05) is 7.11 Å². The van der Waals surface area contributed by atoms with Crippen LogP contribution in [0.3, 0.4) is 0 Å². The topological polar surface area (TPSA) is 9.23 Å². The molecule has 2 aromatic rings. The molecule has 0 unspecified atom stereocenters. The Balaban J connectivity index is 0. The molecular weight excluding hydrogens is 672 g/mol. The summed E-state index contributed by atoms with van der Waals surface area (Å²) >= 11 is 0. The number of aryl methyl sites for hydroxylation is 1. The second-order valence-electron chi connectivity index (χ2n) is 14.4. The molecule has 0 spiro atoms. The number of hydrogen-bond donors (Lipinski definition) is 0. The molecule has 0 aliphatic rings. The minimum Gasteiger partial charge on any atom is -0.497 e. The van der Waals surface area contributed by atoms with E-state index < -0.39 is 24.2 Å². The van der Waals surface area contributed by atoms with E-state index in [-0.39, 0.29) is 42.3 Å². The first-order valence-corrected chi connectivity index (χ1v) is 23.9. The third-order valence-electron chi connectivity index (χ3n) is 6.88. The summed E-state index contributed by atoms with van der Waals surface area (Å²) < 4.78 is 6.14. The fraction of sp³-hybridized carbons (Fsp3) is 0.606. The third kappa shape index (κ3) is 11.6. The van der Waals surface area contributed by atoms with Crippen molar-refractivity contribution in [1.82, 2.24) is 0 Å². The van der Waals surface area contributed by atoms with Crippen LogP contribution in [-0.2, 0) is 5.41 Å². The van der Waals surface area contributed by atoms with Gasteiger partial charge >= 0.3 is 36.9 Å². The molecule has 0 radical (unpaired) electrons. The summed E-state index contributed by atoms with van der Waals surface area (Å²) in [5.41, 5.74) is 8.74. The predicted molar refractivity (Wildman–Crippen MR) is 181 cm³/mol. The van der Waals surface area contributed by atoms with Gasteiger partial charge in [0.05, 0.1) is 15.2 Å². The van der Waals surface area contributed by atoms with E-state index >= 15 is 0 Å². The van der Waals surface area contributed by atoms with Gasteiger partial charge in [-0.2, -0.15) is 27.4 Å². The Morgan fingerprint density at radius 2 is 1.21 bits per heavy atom. The van der Waals surface area contributed by atoms with Gasteiger partial charge in [0, 0.05) is 0 Å². The second-order valence-corrected chi connectivity index (χ2v) is 29.3. The monoisotopic (exact) mass is 732 g/mol. The molecule has 0 aliphatic heterocycles. The molecule has 1 nitrogen and oxygen atoms in total. The summed E-state index contributed by atoms with van der Waals surface area (Å²) in [5, 5.41) is 3.15. The van der Waals surface area contributed by atoms with Crippen LogP contribution in [0.25, 0.3) is 0 Å². The Kier molecular flexibility index (Phi) is 16.4. The molecule has 226 valence electrons. The van der Waals surface area contributed by atoms with Crippen LogP contribution in [-0.4, -0.2) is 31.3 Å². The summed E-state index contributed by atoms with van der Waals surface area (Å²) in [6.45, 7) is 44.3. The van der Waals surface area contributed by atoms with Gasteiger partial charge in [0.15, 0.2) is 0 Å². The zero-order valence-electron chi connectivity index (χ0n) is 28.1. The van der Waals surface area contributed by atoms with E-state index in [9.17, 15) is 0 Å². The zero-order valence-corrected chi connectivity index (χ0v) is 32.8. The summed E-state index contributed by atoms with van der Waals surface area (Å²) in [7, 11) is -1.79. The van der Waals surface area contributed by atoms with Gasteiger partial charge < -0.3 is 17.8 Å². The standard InChI is InChI=1S/C25H39OSi.2C4H11Si.Lu/c1-12-27(13-2,24-19(6)17(4)18(5)20(24)7)22-15-16(3)14-21(23(22)26-11)25(8,9)10;2*1-5(2,3)4;/h14-15H,12-13H2,1-11H3;2*1H2,2-4H3;/q3*-1;+3. The number of rotatable bonds is 5. The number of hydrogen-bond acceptors (Lipinski definition) is 1. The first kappa shape index (κ1) is 40.4. The maximum Gasteiger partial charge on any atom is 3.00 e. The summed E-state index contributed by atoms with van der Waals surface area (Å²) in [4.78, 5) is 0. The van der Waals surface area contributed by atoms with Crippen LogP contribution in [0.4, 0.5) is 0 Å². The van der Waals surface area contributed by atoms with E-state index in [1.807, 2.05) is 7.11 Å². The summed E-state index contributed by atoms with van der Waals surface area (Å²) in [6.07, 6.45) is 0. The Labute approximate surface area is 271 Å². The Bertz CT molecular complexity index is 962. The van der Waals surface area contributed by atoms with Gasteiger partial charge in [0.25, 0.3) is 0 Å². The normalized spacial score (nSPS) is 12.1. The van der Waals surface area contributed by atoms with E-state index in [4.69, 9.17) is 4.74 Å². The van der Waals surface area contributed by atoms with Crippen molar-refractivity contribution in [2.45, 2.75) is 126 Å². The summed E-state index contributed by atoms with van der Waals surface area (Å²) in [6, 6.07) is 7.17. The molecule has 0 aromatic heterocycles. The van der Waals surface area contributed by atoms with Gasteiger partial charge in [0.2, 0.25) is 0 Å². The van der Waals surface area contributed by atoms with Crippen molar-refractivity contribution in [3.63, 3.8) is 0 Å². The molecule has 2 aromatic carbocycles. The van der Waals surface area contributed by atoms with Crippen molar-refractivity contribution in [3.05, 3.63) is 58.6 Å². The van der Waals surface area contributed by atoms with Crippen LogP contribution in [0.1, 0.15) is 68.0 Å². The van der Waals surface area contributed by atoms with Crippen LogP contribution >= 0.6 is 0 Å². The molecule has 0 atom stereocenters. The minimum absolute atomic E-state index is 0. The van der Waals surface area contributed by atoms with Gasteiger partial charge in [-0.05, 0) is 23.1 Å². The average molecular weight is 733 g/mol. The van der Waals surface area contributed by atoms with Gasteiger partial charge in [-0.3, -0.25) is 0 Å². The van der Waals surface area contributed by atoms with E-state index in [1.54, 1.807) is 5.19 Å². The van der Waals surface area contributed by atoms with Crippen LogP contribution < -0.4 is 15.1 Å². The Hall–Kier alpha value is 0.254. The minimum atomic E-state index is -1.93. The van der Waals surface area contributed by atoms with E-state index in [0.29, 0.717) is 0 Å². The molecule has 0 heterocycles. The maximum atomic E-state index is 6.14. The van der Waals surface area contributed by atoms with Crippen LogP contribution in [0.15, 0.2) is 12.1 Å². The van der Waals surface area contributed by atoms with E-state index in [1.165, 1.54) is 50.7 Å². The predicted octanol–water partition coefficient (Wildman–Crippen LogP) is 9.25. The summed E-state index contributed by atoms with van der Waals surface area (Å²) in [5.74, 6) is 1.14. The van der Waals surface area contributed by atoms with Crippen LogP contribution in [0.5, 0.6) is 5.75 Å². The molecule has 0 amide bonds. The fourth-order valence-electron chi connectivity index (χ4n) is 4.96. The van der Waals surface area contributed by atoms with Crippen LogP contribution in [0, 0.1) is 84.6 Å². The van der Waals surface area contributed by atoms with Crippen molar-refractivity contribution in [2.24, 2.45) is 0 Å². The number of ether oxygens (including phenoxy) is 1. The van der Waals surface area contributed by atoms with Crippen LogP contribution in [0.2, 0.25) is 51.4 Å². The second kappa shape index (κ2) is 15.5. The molecule has 0 bridgehead atoms. The molecule has 0 fully saturated rings. The zero-order chi connectivity index (χ0) is 29.7. The SMILES string of the molecule is CC[Si](CC)(c1cc(C)cc(C(C)(C)C)c1OC)c1c(C)c(C)c(C)[c-]1C.[CH2-][Si](C)(C)C.[CH2-][Si](C)(C)C.[Lu+3]. The molecule has 5 heteroatoms. The van der Waals surface area contributed by atoms with Gasteiger partial charge in [-0.1, -0.05) is 131 Å². The van der Waals surface area contributed by atoms with Gasteiger partial charge in [-0.15, -0.1) is 16.1 Å². The first-order valence-electron chi connectivity index (χ1n) is 14.1. The largest absolute Gasteiger partial charge is 3.00 e. The number of benzene rings is 1. The molecule has 38 heavy (non-hydrogen) atoms. The van der Waals surface area contributed by atoms with E-state index in [0.717, 1.165) is 5.75 Å². The molecular formula is C33H61LuOSi3. The van der Waals surface area contributed by atoms with Gasteiger partial charge in [0.1, 0.15) is 5.75 Å². The number of methoxy groups -OCH3 is 1. The molecule has 2 rings (SSSR count).